The highest BCUT2D eigenvalue weighted by Crippen LogP contribution is 2.46. The number of rotatable bonds is 7. The number of halogens is 3. The first-order valence-electron chi connectivity index (χ1n) is 13.4. The van der Waals surface area contributed by atoms with Gasteiger partial charge in [-0.15, -0.1) is 0 Å². The van der Waals surface area contributed by atoms with Crippen LogP contribution in [0.4, 0.5) is 19.0 Å². The van der Waals surface area contributed by atoms with Gasteiger partial charge in [0.15, 0.2) is 5.82 Å². The molecule has 0 amide bonds. The average molecular weight is 554 g/mol. The molecule has 4 aromatic rings. The number of nitrogens with one attached hydrogen (secondary N) is 1. The van der Waals surface area contributed by atoms with E-state index in [1.807, 2.05) is 12.1 Å². The second kappa shape index (κ2) is 9.61. The van der Waals surface area contributed by atoms with Crippen molar-refractivity contribution < 1.29 is 27.0 Å². The Bertz CT molecular complexity index is 1560. The lowest BCUT2D eigenvalue weighted by molar-refractivity contribution is -0.137. The summed E-state index contributed by atoms with van der Waals surface area (Å²) in [6.45, 7) is 0.157. The quantitative estimate of drug-likeness (QED) is 0.311. The molecule has 1 aromatic carbocycles. The number of hydrogen-bond donors (Lipinski definition) is 1. The van der Waals surface area contributed by atoms with Gasteiger partial charge in [-0.3, -0.25) is 9.51 Å². The van der Waals surface area contributed by atoms with Crippen LogP contribution in [0.15, 0.2) is 56.4 Å². The molecular weight excluding hydrogens is 527 g/mol. The SMILES string of the molecule is O=c1[nH]c(-c2ccc(N3[C@@H]4CC[C@H]3C[C@@H](OCc3c(-c5ccccc5C(F)(F)F)noc3C3CC3)C4)nc2)no1. The number of benzene rings is 1. The number of fused-ring (bicyclic) bond motifs is 2. The Hall–Kier alpha value is -3.93. The van der Waals surface area contributed by atoms with Crippen LogP contribution in [-0.4, -0.2) is 38.5 Å². The summed E-state index contributed by atoms with van der Waals surface area (Å²) in [5.41, 5.74) is 0.781. The highest BCUT2D eigenvalue weighted by atomic mass is 19.4. The molecule has 3 atom stereocenters. The largest absolute Gasteiger partial charge is 0.439 e. The predicted octanol–water partition coefficient (Wildman–Crippen LogP) is 5.69. The number of hydrogen-bond acceptors (Lipinski definition) is 8. The zero-order valence-corrected chi connectivity index (χ0v) is 21.4. The van der Waals surface area contributed by atoms with Crippen LogP contribution in [0.1, 0.15) is 61.3 Å². The van der Waals surface area contributed by atoms with Crippen molar-refractivity contribution in [2.24, 2.45) is 0 Å². The molecule has 3 aliphatic rings. The first-order valence-corrected chi connectivity index (χ1v) is 13.4. The highest BCUT2D eigenvalue weighted by molar-refractivity contribution is 5.68. The minimum Gasteiger partial charge on any atom is -0.373 e. The second-order valence-corrected chi connectivity index (χ2v) is 10.7. The molecule has 12 heteroatoms. The van der Waals surface area contributed by atoms with Gasteiger partial charge in [0.1, 0.15) is 17.3 Å². The van der Waals surface area contributed by atoms with E-state index in [1.165, 1.54) is 12.1 Å². The third-order valence-corrected chi connectivity index (χ3v) is 8.13. The average Bonchev–Trinajstić information content (AvgIpc) is 3.46. The lowest BCUT2D eigenvalue weighted by Crippen LogP contribution is -2.46. The molecule has 5 heterocycles. The molecule has 7 rings (SSSR count). The van der Waals surface area contributed by atoms with Gasteiger partial charge in [0, 0.05) is 40.9 Å². The fourth-order valence-corrected chi connectivity index (χ4v) is 6.15. The maximum absolute atomic E-state index is 13.8. The number of pyridine rings is 1. The molecule has 9 nitrogen and oxygen atoms in total. The van der Waals surface area contributed by atoms with E-state index in [0.29, 0.717) is 22.7 Å². The van der Waals surface area contributed by atoms with Crippen LogP contribution in [0.2, 0.25) is 0 Å². The monoisotopic (exact) mass is 553 g/mol. The molecule has 3 aromatic heterocycles. The maximum atomic E-state index is 13.8. The van der Waals surface area contributed by atoms with Crippen molar-refractivity contribution in [2.45, 2.75) is 75.4 Å². The number of aromatic nitrogens is 4. The predicted molar refractivity (Wildman–Crippen MR) is 136 cm³/mol. The van der Waals surface area contributed by atoms with Gasteiger partial charge in [-0.1, -0.05) is 28.5 Å². The number of ether oxygens (including phenoxy) is 1. The molecule has 1 N–H and O–H groups in total. The van der Waals surface area contributed by atoms with Gasteiger partial charge in [-0.05, 0) is 56.7 Å². The van der Waals surface area contributed by atoms with Crippen LogP contribution in [0.25, 0.3) is 22.6 Å². The van der Waals surface area contributed by atoms with E-state index in [2.05, 4.69) is 29.7 Å². The van der Waals surface area contributed by atoms with Gasteiger partial charge < -0.3 is 14.2 Å². The zero-order chi connectivity index (χ0) is 27.4. The maximum Gasteiger partial charge on any atom is 0.439 e. The number of nitrogens with zero attached hydrogens (tertiary/aromatic N) is 4. The van der Waals surface area contributed by atoms with Crippen LogP contribution in [0, 0.1) is 0 Å². The third kappa shape index (κ3) is 4.59. The first-order chi connectivity index (χ1) is 19.3. The molecule has 2 aliphatic heterocycles. The van der Waals surface area contributed by atoms with Crippen molar-refractivity contribution in [3.8, 4) is 22.6 Å². The summed E-state index contributed by atoms with van der Waals surface area (Å²) in [5, 5.41) is 7.81. The Labute approximate surface area is 226 Å². The standard InChI is InChI=1S/C28H26F3N5O4/c29-28(30,31)22-4-2-1-3-20(22)24-21(25(39-34-24)15-5-6-15)14-38-19-11-17-8-9-18(12-19)36(17)23-10-7-16(13-32-23)26-33-27(37)40-35-26/h1-4,7,10,13,15,17-19H,5-6,8-9,11-12,14H2,(H,33,35,37)/t17-,18+,19+. The smallest absolute Gasteiger partial charge is 0.373 e. The summed E-state index contributed by atoms with van der Waals surface area (Å²) in [6, 6.07) is 9.73. The number of aromatic amines is 1. The Morgan fingerprint density at radius 2 is 1.77 bits per heavy atom. The van der Waals surface area contributed by atoms with Gasteiger partial charge in [0.05, 0.1) is 18.3 Å². The lowest BCUT2D eigenvalue weighted by Gasteiger charge is -2.39. The van der Waals surface area contributed by atoms with E-state index in [-0.39, 0.29) is 42.0 Å². The van der Waals surface area contributed by atoms with E-state index in [1.54, 1.807) is 12.3 Å². The minimum atomic E-state index is -4.50. The van der Waals surface area contributed by atoms with Crippen molar-refractivity contribution in [1.29, 1.82) is 0 Å². The fraction of sp³-hybridized carbons (Fsp3) is 0.429. The topological polar surface area (TPSA) is 110 Å². The normalized spacial score (nSPS) is 22.7. The van der Waals surface area contributed by atoms with Crippen molar-refractivity contribution >= 4 is 5.82 Å². The van der Waals surface area contributed by atoms with Gasteiger partial charge in [0.25, 0.3) is 0 Å². The summed E-state index contributed by atoms with van der Waals surface area (Å²) in [7, 11) is 0. The lowest BCUT2D eigenvalue weighted by atomic mass is 9.98. The van der Waals surface area contributed by atoms with Crippen LogP contribution < -0.4 is 10.7 Å². The first kappa shape index (κ1) is 25.1. The van der Waals surface area contributed by atoms with E-state index < -0.39 is 17.5 Å². The Morgan fingerprint density at radius 3 is 2.42 bits per heavy atom. The number of anilines is 1. The summed E-state index contributed by atoms with van der Waals surface area (Å²) in [6.07, 6.45) is 2.58. The minimum absolute atomic E-state index is 0.0170. The van der Waals surface area contributed by atoms with Gasteiger partial charge in [0.2, 0.25) is 0 Å². The summed E-state index contributed by atoms with van der Waals surface area (Å²) < 4.78 is 57.9. The van der Waals surface area contributed by atoms with E-state index in [0.717, 1.165) is 50.4 Å². The molecular formula is C28H26F3N5O4. The number of alkyl halides is 3. The molecule has 40 heavy (non-hydrogen) atoms. The van der Waals surface area contributed by atoms with Crippen molar-refractivity contribution in [3.05, 3.63) is 70.0 Å². The number of H-pyrrole nitrogens is 1. The van der Waals surface area contributed by atoms with Gasteiger partial charge in [-0.2, -0.15) is 13.2 Å². The zero-order valence-electron chi connectivity index (χ0n) is 21.4. The molecule has 208 valence electrons. The van der Waals surface area contributed by atoms with Gasteiger partial charge in [-0.25, -0.2) is 9.78 Å². The molecule has 2 bridgehead atoms. The van der Waals surface area contributed by atoms with E-state index in [9.17, 15) is 18.0 Å². The van der Waals surface area contributed by atoms with E-state index in [4.69, 9.17) is 9.26 Å². The number of piperidine rings is 1. The Kier molecular flexibility index (Phi) is 6.02. The fourth-order valence-electron chi connectivity index (χ4n) is 6.15. The van der Waals surface area contributed by atoms with Crippen molar-refractivity contribution in [1.82, 2.24) is 20.3 Å². The molecule has 0 radical (unpaired) electrons. The molecule has 3 fully saturated rings. The molecule has 0 spiro atoms. The molecule has 1 aliphatic carbocycles. The highest BCUT2D eigenvalue weighted by Gasteiger charge is 2.43. The summed E-state index contributed by atoms with van der Waals surface area (Å²) >= 11 is 0. The van der Waals surface area contributed by atoms with Crippen molar-refractivity contribution in [3.63, 3.8) is 0 Å². The van der Waals surface area contributed by atoms with E-state index >= 15 is 0 Å². The molecule has 1 saturated carbocycles. The Morgan fingerprint density at radius 1 is 1.00 bits per heavy atom. The molecule has 0 unspecified atom stereocenters. The van der Waals surface area contributed by atoms with Crippen LogP contribution in [0.5, 0.6) is 0 Å². The van der Waals surface area contributed by atoms with Crippen LogP contribution in [0.3, 0.4) is 0 Å². The van der Waals surface area contributed by atoms with Gasteiger partial charge >= 0.3 is 11.9 Å². The third-order valence-electron chi connectivity index (χ3n) is 8.13. The molecule has 2 saturated heterocycles. The summed E-state index contributed by atoms with van der Waals surface area (Å²) in [4.78, 5) is 20.7. The summed E-state index contributed by atoms with van der Waals surface area (Å²) in [5.74, 6) is 1.38. The Balaban J connectivity index is 1.08. The van der Waals surface area contributed by atoms with Crippen molar-refractivity contribution in [2.75, 3.05) is 4.90 Å². The second-order valence-electron chi connectivity index (χ2n) is 10.7. The van der Waals surface area contributed by atoms with Crippen LogP contribution in [-0.2, 0) is 17.5 Å². The van der Waals surface area contributed by atoms with Crippen LogP contribution >= 0.6 is 0 Å².